The van der Waals surface area contributed by atoms with E-state index in [4.69, 9.17) is 11.5 Å². The maximum absolute atomic E-state index is 13.0. The molecule has 1 atom stereocenters. The van der Waals surface area contributed by atoms with Gasteiger partial charge in [0.15, 0.2) is 0 Å². The number of anilines is 2. The van der Waals surface area contributed by atoms with Crippen LogP contribution in [-0.4, -0.2) is 16.9 Å². The smallest absolute Gasteiger partial charge is 0.320 e. The minimum Gasteiger partial charge on any atom is -0.398 e. The molecule has 29 heavy (non-hydrogen) atoms. The van der Waals surface area contributed by atoms with Crippen molar-refractivity contribution in [2.75, 3.05) is 11.1 Å². The molecule has 7 nitrogen and oxygen atoms in total. The van der Waals surface area contributed by atoms with E-state index in [-0.39, 0.29) is 23.5 Å². The maximum atomic E-state index is 13.0. The van der Waals surface area contributed by atoms with Crippen molar-refractivity contribution in [1.29, 1.82) is 0 Å². The molecule has 8 heteroatoms. The van der Waals surface area contributed by atoms with E-state index in [2.05, 4.69) is 20.6 Å². The molecule has 3 aromatic rings. The quantitative estimate of drug-likeness (QED) is 0.391. The highest BCUT2D eigenvalue weighted by Gasteiger charge is 2.12. The monoisotopic (exact) mass is 392 g/mol. The molecule has 0 bridgehead atoms. The summed E-state index contributed by atoms with van der Waals surface area (Å²) in [6, 6.07) is 16.1. The van der Waals surface area contributed by atoms with Gasteiger partial charge in [-0.2, -0.15) is 0 Å². The first-order chi connectivity index (χ1) is 13.9. The number of aromatic nitrogens is 1. The Morgan fingerprint density at radius 1 is 1.14 bits per heavy atom. The third-order valence-electron chi connectivity index (χ3n) is 4.18. The fourth-order valence-corrected chi connectivity index (χ4v) is 2.64. The Bertz CT molecular complexity index is 1020. The summed E-state index contributed by atoms with van der Waals surface area (Å²) in [6.45, 7) is 1.88. The molecule has 0 saturated heterocycles. The molecule has 3 rings (SSSR count). The summed E-state index contributed by atoms with van der Waals surface area (Å²) in [5, 5.41) is 5.47. The van der Waals surface area contributed by atoms with Gasteiger partial charge >= 0.3 is 6.03 Å². The molecule has 0 radical (unpaired) electrons. The number of hydrogen-bond acceptors (Lipinski definition) is 4. The minimum absolute atomic E-state index is 0.135. The Morgan fingerprint density at radius 3 is 2.48 bits per heavy atom. The first-order valence-electron chi connectivity index (χ1n) is 8.90. The van der Waals surface area contributed by atoms with Gasteiger partial charge in [-0.1, -0.05) is 30.3 Å². The largest absolute Gasteiger partial charge is 0.398 e. The molecule has 148 valence electrons. The molecule has 0 aliphatic rings. The average molecular weight is 392 g/mol. The van der Waals surface area contributed by atoms with E-state index in [9.17, 15) is 9.18 Å². The number of halogens is 1. The normalized spacial score (nSPS) is 12.3. The highest BCUT2D eigenvalue weighted by atomic mass is 19.1. The van der Waals surface area contributed by atoms with Crippen LogP contribution >= 0.6 is 0 Å². The van der Waals surface area contributed by atoms with Gasteiger partial charge in [0.2, 0.25) is 0 Å². The van der Waals surface area contributed by atoms with Crippen molar-refractivity contribution in [3.8, 4) is 0 Å². The van der Waals surface area contributed by atoms with Crippen LogP contribution in [0.25, 0.3) is 0 Å². The van der Waals surface area contributed by atoms with Crippen molar-refractivity contribution in [2.24, 2.45) is 10.7 Å². The van der Waals surface area contributed by atoms with Crippen molar-refractivity contribution in [3.63, 3.8) is 0 Å². The zero-order valence-corrected chi connectivity index (χ0v) is 15.8. The number of benzene rings is 2. The van der Waals surface area contributed by atoms with E-state index in [0.717, 1.165) is 5.56 Å². The van der Waals surface area contributed by atoms with E-state index >= 15 is 0 Å². The maximum Gasteiger partial charge on any atom is 0.320 e. The van der Waals surface area contributed by atoms with Crippen molar-refractivity contribution in [1.82, 2.24) is 10.3 Å². The van der Waals surface area contributed by atoms with Crippen LogP contribution in [0, 0.1) is 5.82 Å². The summed E-state index contributed by atoms with van der Waals surface area (Å²) in [7, 11) is 0. The fourth-order valence-electron chi connectivity index (χ4n) is 2.64. The lowest BCUT2D eigenvalue weighted by molar-refractivity contribution is 0.249. The van der Waals surface area contributed by atoms with Crippen molar-refractivity contribution >= 4 is 29.1 Å². The van der Waals surface area contributed by atoms with Crippen LogP contribution < -0.4 is 22.1 Å². The van der Waals surface area contributed by atoms with Crippen LogP contribution in [0.4, 0.5) is 26.4 Å². The number of nitrogens with one attached hydrogen (secondary N) is 2. The first-order valence-corrected chi connectivity index (χ1v) is 8.90. The third-order valence-corrected chi connectivity index (χ3v) is 4.18. The lowest BCUT2D eigenvalue weighted by atomic mass is 10.1. The number of carbonyl (C=O) groups excluding carboxylic acids is 1. The van der Waals surface area contributed by atoms with Crippen LogP contribution in [0.5, 0.6) is 0 Å². The summed E-state index contributed by atoms with van der Waals surface area (Å²) in [6.07, 6.45) is 1.42. The molecule has 0 unspecified atom stereocenters. The summed E-state index contributed by atoms with van der Waals surface area (Å²) in [4.78, 5) is 20.6. The number of carbonyl (C=O) groups is 1. The van der Waals surface area contributed by atoms with Crippen molar-refractivity contribution in [2.45, 2.75) is 13.0 Å². The molecule has 0 aliphatic carbocycles. The van der Waals surface area contributed by atoms with Crippen LogP contribution in [0.1, 0.15) is 24.1 Å². The number of pyridine rings is 1. The van der Waals surface area contributed by atoms with Crippen LogP contribution in [-0.2, 0) is 0 Å². The lowest BCUT2D eigenvalue weighted by Gasteiger charge is -2.15. The van der Waals surface area contributed by atoms with Gasteiger partial charge < -0.3 is 16.8 Å². The van der Waals surface area contributed by atoms with E-state index in [1.807, 2.05) is 37.3 Å². The standard InChI is InChI=1S/C21H21FN6O/c1-13(14-5-3-2-4-6-14)26-21(29)28-19-11-18(23)17(12-25-19)20(24)27-16-9-7-15(22)8-10-16/h2-13H,1H3,(H2,24,27)(H4,23,25,26,28,29)/t13-/m1/s1. The molecule has 0 spiro atoms. The number of urea groups is 1. The van der Waals surface area contributed by atoms with Gasteiger partial charge in [-0.25, -0.2) is 19.2 Å². The van der Waals surface area contributed by atoms with Crippen LogP contribution in [0.3, 0.4) is 0 Å². The topological polar surface area (TPSA) is 118 Å². The van der Waals surface area contributed by atoms with Gasteiger partial charge in [-0.05, 0) is 36.8 Å². The molecule has 1 aromatic heterocycles. The number of nitrogens with zero attached hydrogens (tertiary/aromatic N) is 2. The highest BCUT2D eigenvalue weighted by molar-refractivity contribution is 6.03. The van der Waals surface area contributed by atoms with Crippen LogP contribution in [0.2, 0.25) is 0 Å². The fraction of sp³-hybridized carbons (Fsp3) is 0.0952. The van der Waals surface area contributed by atoms with E-state index in [0.29, 0.717) is 16.9 Å². The van der Waals surface area contributed by atoms with Gasteiger partial charge in [0.05, 0.1) is 17.3 Å². The molecular weight excluding hydrogens is 371 g/mol. The number of hydrogen-bond donors (Lipinski definition) is 4. The first kappa shape index (κ1) is 19.8. The van der Waals surface area contributed by atoms with Crippen molar-refractivity contribution < 1.29 is 9.18 Å². The number of rotatable bonds is 5. The highest BCUT2D eigenvalue weighted by Crippen LogP contribution is 2.18. The number of amides is 2. The number of nitrogens with two attached hydrogens (primary N) is 2. The summed E-state index contributed by atoms with van der Waals surface area (Å²) < 4.78 is 13.0. The van der Waals surface area contributed by atoms with Crippen molar-refractivity contribution in [3.05, 3.63) is 83.8 Å². The number of amidine groups is 1. The van der Waals surface area contributed by atoms with Gasteiger partial charge in [0.1, 0.15) is 17.5 Å². The third kappa shape index (κ3) is 5.29. The van der Waals surface area contributed by atoms with E-state index < -0.39 is 6.03 Å². The SMILES string of the molecule is C[C@@H](NC(=O)Nc1cc(N)c(C(N)=Nc2ccc(F)cc2)cn1)c1ccccc1. The molecule has 2 amide bonds. The molecule has 0 fully saturated rings. The summed E-state index contributed by atoms with van der Waals surface area (Å²) in [5.41, 5.74) is 14.2. The van der Waals surface area contributed by atoms with Gasteiger partial charge in [-0.15, -0.1) is 0 Å². The zero-order valence-electron chi connectivity index (χ0n) is 15.8. The molecule has 2 aromatic carbocycles. The minimum atomic E-state index is -0.408. The van der Waals surface area contributed by atoms with Gasteiger partial charge in [0.25, 0.3) is 0 Å². The van der Waals surface area contributed by atoms with E-state index in [1.54, 1.807) is 0 Å². The summed E-state index contributed by atoms with van der Waals surface area (Å²) in [5.74, 6) is 0.0490. The second kappa shape index (κ2) is 8.83. The molecule has 6 N–H and O–H groups in total. The van der Waals surface area contributed by atoms with Crippen LogP contribution in [0.15, 0.2) is 71.9 Å². The lowest BCUT2D eigenvalue weighted by Crippen LogP contribution is -2.31. The second-order valence-electron chi connectivity index (χ2n) is 6.36. The van der Waals surface area contributed by atoms with Gasteiger partial charge in [0, 0.05) is 18.0 Å². The molecule has 0 aliphatic heterocycles. The predicted octanol–water partition coefficient (Wildman–Crippen LogP) is 3.72. The Kier molecular flexibility index (Phi) is 6.03. The Balaban J connectivity index is 1.67. The predicted molar refractivity (Wildman–Crippen MR) is 112 cm³/mol. The number of aliphatic imine (C=N–C) groups is 1. The average Bonchev–Trinajstić information content (AvgIpc) is 2.70. The second-order valence-corrected chi connectivity index (χ2v) is 6.36. The Morgan fingerprint density at radius 2 is 1.83 bits per heavy atom. The van der Waals surface area contributed by atoms with E-state index in [1.165, 1.54) is 36.5 Å². The summed E-state index contributed by atoms with van der Waals surface area (Å²) >= 11 is 0. The number of nitrogen functional groups attached to an aromatic ring is 1. The van der Waals surface area contributed by atoms with Gasteiger partial charge in [-0.3, -0.25) is 5.32 Å². The molecular formula is C21H21FN6O. The molecule has 1 heterocycles. The molecule has 0 saturated carbocycles. The Hall–Kier alpha value is -3.94. The zero-order chi connectivity index (χ0) is 20.8. The Labute approximate surface area is 167 Å².